The Bertz CT molecular complexity index is 1140. The monoisotopic (exact) mass is 363 g/mol. The predicted octanol–water partition coefficient (Wildman–Crippen LogP) is 2.04. The Kier molecular flexibility index (Phi) is 4.17. The van der Waals surface area contributed by atoms with Crippen molar-refractivity contribution in [2.24, 2.45) is 5.73 Å². The number of anilines is 1. The first-order chi connectivity index (χ1) is 13.1. The van der Waals surface area contributed by atoms with Crippen LogP contribution in [0.5, 0.6) is 0 Å². The molecule has 1 aromatic carbocycles. The van der Waals surface area contributed by atoms with E-state index >= 15 is 0 Å². The minimum Gasteiger partial charge on any atom is -0.366 e. The summed E-state index contributed by atoms with van der Waals surface area (Å²) in [7, 11) is 0. The first-order valence-corrected chi connectivity index (χ1v) is 8.06. The van der Waals surface area contributed by atoms with Crippen LogP contribution >= 0.6 is 0 Å². The van der Waals surface area contributed by atoms with E-state index in [1.54, 1.807) is 34.9 Å². The van der Waals surface area contributed by atoms with E-state index in [-0.39, 0.29) is 11.6 Å². The standard InChI is InChI=1S/C18H14FN7O/c19-12-4-1-3-11(7-12)8-21-15-10-23-25-17(24-15)18-22-9-14-13(16(20)27)5-2-6-26(14)18/h1-7,9-10H,8H2,(H2,20,27)(H,21,24,25). The van der Waals surface area contributed by atoms with Gasteiger partial charge in [-0.1, -0.05) is 12.1 Å². The number of carbonyl (C=O) groups excluding carboxylic acids is 1. The number of fused-ring (bicyclic) bond motifs is 1. The highest BCUT2D eigenvalue weighted by Crippen LogP contribution is 2.19. The van der Waals surface area contributed by atoms with Crippen molar-refractivity contribution in [3.8, 4) is 11.6 Å². The number of amides is 1. The Morgan fingerprint density at radius 2 is 2.11 bits per heavy atom. The number of nitrogens with two attached hydrogens (primary N) is 1. The van der Waals surface area contributed by atoms with Gasteiger partial charge in [0.2, 0.25) is 5.82 Å². The molecule has 0 unspecified atom stereocenters. The normalized spacial score (nSPS) is 10.9. The van der Waals surface area contributed by atoms with E-state index in [0.29, 0.717) is 29.3 Å². The number of nitrogens with zero attached hydrogens (tertiary/aromatic N) is 5. The lowest BCUT2D eigenvalue weighted by Gasteiger charge is -2.07. The number of nitrogens with one attached hydrogen (secondary N) is 1. The maximum absolute atomic E-state index is 13.3. The van der Waals surface area contributed by atoms with Crippen molar-refractivity contribution in [2.45, 2.75) is 6.54 Å². The Morgan fingerprint density at radius 3 is 2.93 bits per heavy atom. The fourth-order valence-corrected chi connectivity index (χ4v) is 2.72. The summed E-state index contributed by atoms with van der Waals surface area (Å²) in [5.74, 6) is 0.324. The van der Waals surface area contributed by atoms with Gasteiger partial charge in [-0.3, -0.25) is 9.20 Å². The fraction of sp³-hybridized carbons (Fsp3) is 0.0556. The van der Waals surface area contributed by atoms with Crippen molar-refractivity contribution < 1.29 is 9.18 Å². The number of carbonyl (C=O) groups is 1. The number of aromatic nitrogens is 5. The number of rotatable bonds is 5. The van der Waals surface area contributed by atoms with E-state index < -0.39 is 5.91 Å². The van der Waals surface area contributed by atoms with Gasteiger partial charge < -0.3 is 11.1 Å². The van der Waals surface area contributed by atoms with Crippen molar-refractivity contribution in [1.82, 2.24) is 24.6 Å². The lowest BCUT2D eigenvalue weighted by molar-refractivity contribution is 0.100. The molecule has 3 N–H and O–H groups in total. The zero-order valence-electron chi connectivity index (χ0n) is 14.0. The molecule has 8 nitrogen and oxygen atoms in total. The lowest BCUT2D eigenvalue weighted by Crippen LogP contribution is -2.12. The van der Waals surface area contributed by atoms with Gasteiger partial charge in [0.25, 0.3) is 5.91 Å². The Balaban J connectivity index is 1.64. The summed E-state index contributed by atoms with van der Waals surface area (Å²) in [5, 5.41) is 11.0. The first kappa shape index (κ1) is 16.6. The highest BCUT2D eigenvalue weighted by atomic mass is 19.1. The van der Waals surface area contributed by atoms with E-state index in [1.807, 2.05) is 0 Å². The summed E-state index contributed by atoms with van der Waals surface area (Å²) >= 11 is 0. The van der Waals surface area contributed by atoms with Gasteiger partial charge in [0.1, 0.15) is 11.6 Å². The van der Waals surface area contributed by atoms with Crippen molar-refractivity contribution in [2.75, 3.05) is 5.32 Å². The van der Waals surface area contributed by atoms with Crippen LogP contribution in [0.25, 0.3) is 17.2 Å². The third-order valence-electron chi connectivity index (χ3n) is 3.96. The maximum Gasteiger partial charge on any atom is 0.250 e. The molecular formula is C18H14FN7O. The molecule has 3 aromatic heterocycles. The zero-order valence-corrected chi connectivity index (χ0v) is 14.0. The number of primary amides is 1. The summed E-state index contributed by atoms with van der Waals surface area (Å²) in [6.07, 6.45) is 4.74. The van der Waals surface area contributed by atoms with Gasteiger partial charge in [-0.15, -0.1) is 5.10 Å². The van der Waals surface area contributed by atoms with Gasteiger partial charge >= 0.3 is 0 Å². The Labute approximate surface area is 152 Å². The molecule has 0 saturated heterocycles. The summed E-state index contributed by atoms with van der Waals surface area (Å²) in [4.78, 5) is 20.3. The minimum absolute atomic E-state index is 0.279. The summed E-state index contributed by atoms with van der Waals surface area (Å²) in [5.41, 5.74) is 7.08. The maximum atomic E-state index is 13.3. The van der Waals surface area contributed by atoms with Crippen molar-refractivity contribution in [1.29, 1.82) is 0 Å². The molecule has 1 amide bonds. The quantitative estimate of drug-likeness (QED) is 0.561. The molecule has 0 atom stereocenters. The molecule has 0 radical (unpaired) electrons. The van der Waals surface area contributed by atoms with Gasteiger partial charge in [-0.05, 0) is 29.8 Å². The number of pyridine rings is 1. The zero-order chi connectivity index (χ0) is 18.8. The van der Waals surface area contributed by atoms with E-state index in [2.05, 4.69) is 25.5 Å². The molecular weight excluding hydrogens is 349 g/mol. The molecule has 0 fully saturated rings. The average molecular weight is 363 g/mol. The van der Waals surface area contributed by atoms with E-state index in [9.17, 15) is 9.18 Å². The van der Waals surface area contributed by atoms with Crippen LogP contribution in [0, 0.1) is 5.82 Å². The largest absolute Gasteiger partial charge is 0.366 e. The van der Waals surface area contributed by atoms with E-state index in [4.69, 9.17) is 5.73 Å². The van der Waals surface area contributed by atoms with Gasteiger partial charge in [0.05, 0.1) is 23.5 Å². The molecule has 0 saturated carbocycles. The highest BCUT2D eigenvalue weighted by Gasteiger charge is 2.14. The second-order valence-corrected chi connectivity index (χ2v) is 5.77. The highest BCUT2D eigenvalue weighted by molar-refractivity contribution is 5.99. The van der Waals surface area contributed by atoms with Crippen LogP contribution in [0.2, 0.25) is 0 Å². The molecule has 0 bridgehead atoms. The third-order valence-corrected chi connectivity index (χ3v) is 3.96. The number of imidazole rings is 1. The fourth-order valence-electron chi connectivity index (χ4n) is 2.72. The lowest BCUT2D eigenvalue weighted by atomic mass is 10.2. The molecule has 3 heterocycles. The van der Waals surface area contributed by atoms with Gasteiger partial charge in [0, 0.05) is 12.7 Å². The number of hydrogen-bond acceptors (Lipinski definition) is 6. The van der Waals surface area contributed by atoms with Crippen LogP contribution in [0.15, 0.2) is 55.0 Å². The average Bonchev–Trinajstić information content (AvgIpc) is 3.11. The second-order valence-electron chi connectivity index (χ2n) is 5.77. The molecule has 4 rings (SSSR count). The van der Waals surface area contributed by atoms with E-state index in [1.165, 1.54) is 24.5 Å². The van der Waals surface area contributed by atoms with Crippen molar-refractivity contribution in [3.05, 3.63) is 71.9 Å². The van der Waals surface area contributed by atoms with Gasteiger partial charge in [-0.2, -0.15) is 5.10 Å². The van der Waals surface area contributed by atoms with Gasteiger partial charge in [-0.25, -0.2) is 14.4 Å². The second kappa shape index (κ2) is 6.79. The van der Waals surface area contributed by atoms with Crippen molar-refractivity contribution in [3.63, 3.8) is 0 Å². The SMILES string of the molecule is NC(=O)c1cccn2c(-c3nncc(NCc4cccc(F)c4)n3)ncc12. The molecule has 4 aromatic rings. The third kappa shape index (κ3) is 3.30. The van der Waals surface area contributed by atoms with Crippen LogP contribution in [-0.4, -0.2) is 30.5 Å². The van der Waals surface area contributed by atoms with E-state index in [0.717, 1.165) is 5.56 Å². The predicted molar refractivity (Wildman–Crippen MR) is 96.3 cm³/mol. The van der Waals surface area contributed by atoms with Crippen LogP contribution in [-0.2, 0) is 6.54 Å². The molecule has 0 aliphatic rings. The Hall–Kier alpha value is -3.88. The molecule has 134 valence electrons. The van der Waals surface area contributed by atoms with Crippen LogP contribution in [0.1, 0.15) is 15.9 Å². The Morgan fingerprint density at radius 1 is 1.22 bits per heavy atom. The summed E-state index contributed by atoms with van der Waals surface area (Å²) in [6, 6.07) is 9.59. The van der Waals surface area contributed by atoms with Crippen LogP contribution in [0.4, 0.5) is 10.2 Å². The smallest absolute Gasteiger partial charge is 0.250 e. The van der Waals surface area contributed by atoms with Crippen LogP contribution in [0.3, 0.4) is 0 Å². The number of hydrogen-bond donors (Lipinski definition) is 2. The molecule has 9 heteroatoms. The number of halogens is 1. The molecule has 0 aliphatic heterocycles. The minimum atomic E-state index is -0.545. The summed E-state index contributed by atoms with van der Waals surface area (Å²) < 4.78 is 14.9. The number of benzene rings is 1. The molecule has 0 aliphatic carbocycles. The molecule has 27 heavy (non-hydrogen) atoms. The topological polar surface area (TPSA) is 111 Å². The van der Waals surface area contributed by atoms with Crippen molar-refractivity contribution >= 4 is 17.2 Å². The van der Waals surface area contributed by atoms with Crippen LogP contribution < -0.4 is 11.1 Å². The first-order valence-electron chi connectivity index (χ1n) is 8.06. The van der Waals surface area contributed by atoms with Gasteiger partial charge in [0.15, 0.2) is 5.82 Å². The molecule has 0 spiro atoms. The summed E-state index contributed by atoms with van der Waals surface area (Å²) in [6.45, 7) is 0.379.